The second-order valence-electron chi connectivity index (χ2n) is 4.40. The number of benzene rings is 1. The summed E-state index contributed by atoms with van der Waals surface area (Å²) in [5.41, 5.74) is 6.03. The van der Waals surface area contributed by atoms with Crippen LogP contribution in [0.15, 0.2) is 30.5 Å². The van der Waals surface area contributed by atoms with Gasteiger partial charge < -0.3 is 10.7 Å². The molecular formula is C14H9F2N5. The summed E-state index contributed by atoms with van der Waals surface area (Å²) in [5, 5.41) is 9.04. The molecule has 21 heavy (non-hydrogen) atoms. The first-order valence-electron chi connectivity index (χ1n) is 6.05. The van der Waals surface area contributed by atoms with Crippen LogP contribution in [0, 0.1) is 17.1 Å². The fourth-order valence-corrected chi connectivity index (χ4v) is 2.18. The Kier molecular flexibility index (Phi) is 2.99. The third kappa shape index (κ3) is 2.07. The SMILES string of the molecule is N#Cc1nc(N)c2c(C(F)c3ccccc3F)c[nH]c2n1. The number of aromatic amines is 1. The fourth-order valence-electron chi connectivity index (χ4n) is 2.18. The Morgan fingerprint density at radius 1 is 1.24 bits per heavy atom. The van der Waals surface area contributed by atoms with Crippen LogP contribution in [0.4, 0.5) is 14.6 Å². The van der Waals surface area contributed by atoms with E-state index in [0.717, 1.165) is 0 Å². The van der Waals surface area contributed by atoms with Crippen molar-refractivity contribution in [2.45, 2.75) is 6.17 Å². The summed E-state index contributed by atoms with van der Waals surface area (Å²) < 4.78 is 28.3. The number of hydrogen-bond acceptors (Lipinski definition) is 4. The molecular weight excluding hydrogens is 276 g/mol. The largest absolute Gasteiger partial charge is 0.383 e. The molecule has 104 valence electrons. The van der Waals surface area contributed by atoms with Crippen LogP contribution in [0.25, 0.3) is 11.0 Å². The molecule has 0 fully saturated rings. The maximum atomic E-state index is 14.6. The van der Waals surface area contributed by atoms with Gasteiger partial charge in [0.1, 0.15) is 23.4 Å². The zero-order valence-electron chi connectivity index (χ0n) is 10.6. The van der Waals surface area contributed by atoms with Crippen LogP contribution in [-0.2, 0) is 0 Å². The molecule has 0 amide bonds. The number of nitrogens with two attached hydrogens (primary N) is 1. The maximum Gasteiger partial charge on any atom is 0.236 e. The molecule has 0 aliphatic heterocycles. The number of nitrogen functional groups attached to an aromatic ring is 1. The van der Waals surface area contributed by atoms with Gasteiger partial charge in [-0.15, -0.1) is 0 Å². The molecule has 5 nitrogen and oxygen atoms in total. The summed E-state index contributed by atoms with van der Waals surface area (Å²) >= 11 is 0. The van der Waals surface area contributed by atoms with Gasteiger partial charge in [-0.25, -0.2) is 18.7 Å². The molecule has 0 aliphatic rings. The lowest BCUT2D eigenvalue weighted by atomic mass is 10.0. The second-order valence-corrected chi connectivity index (χ2v) is 4.40. The average molecular weight is 285 g/mol. The van der Waals surface area contributed by atoms with Crippen molar-refractivity contribution < 1.29 is 8.78 Å². The van der Waals surface area contributed by atoms with Crippen molar-refractivity contribution in [3.63, 3.8) is 0 Å². The van der Waals surface area contributed by atoms with Crippen molar-refractivity contribution in [1.29, 1.82) is 5.26 Å². The highest BCUT2D eigenvalue weighted by atomic mass is 19.1. The van der Waals surface area contributed by atoms with E-state index in [1.54, 1.807) is 12.1 Å². The molecule has 3 N–H and O–H groups in total. The number of alkyl halides is 1. The molecule has 0 saturated carbocycles. The normalized spacial score (nSPS) is 12.2. The van der Waals surface area contributed by atoms with Gasteiger partial charge in [-0.3, -0.25) is 0 Å². The summed E-state index contributed by atoms with van der Waals surface area (Å²) in [6, 6.07) is 7.34. The topological polar surface area (TPSA) is 91.4 Å². The van der Waals surface area contributed by atoms with Crippen LogP contribution in [0.2, 0.25) is 0 Å². The molecule has 1 unspecified atom stereocenters. The fraction of sp³-hybridized carbons (Fsp3) is 0.0714. The molecule has 2 aromatic heterocycles. The smallest absolute Gasteiger partial charge is 0.236 e. The minimum absolute atomic E-state index is 0.0215. The van der Waals surface area contributed by atoms with E-state index in [4.69, 9.17) is 11.0 Å². The van der Waals surface area contributed by atoms with Crippen LogP contribution in [0.3, 0.4) is 0 Å². The van der Waals surface area contributed by atoms with Gasteiger partial charge in [0.15, 0.2) is 6.17 Å². The molecule has 2 heterocycles. The minimum Gasteiger partial charge on any atom is -0.383 e. The van der Waals surface area contributed by atoms with Crippen molar-refractivity contribution in [1.82, 2.24) is 15.0 Å². The van der Waals surface area contributed by atoms with Crippen LogP contribution in [0.1, 0.15) is 23.1 Å². The van der Waals surface area contributed by atoms with Crippen molar-refractivity contribution in [2.75, 3.05) is 5.73 Å². The highest BCUT2D eigenvalue weighted by Gasteiger charge is 2.22. The molecule has 0 bridgehead atoms. The maximum absolute atomic E-state index is 14.6. The summed E-state index contributed by atoms with van der Waals surface area (Å²) in [6.07, 6.45) is -0.354. The van der Waals surface area contributed by atoms with Gasteiger partial charge in [-0.1, -0.05) is 18.2 Å². The first-order valence-corrected chi connectivity index (χ1v) is 6.05. The van der Waals surface area contributed by atoms with Crippen molar-refractivity contribution in [3.8, 4) is 6.07 Å². The zero-order chi connectivity index (χ0) is 15.0. The predicted molar refractivity (Wildman–Crippen MR) is 72.4 cm³/mol. The lowest BCUT2D eigenvalue weighted by molar-refractivity contribution is 0.390. The molecule has 7 heteroatoms. The Balaban J connectivity index is 2.18. The molecule has 0 saturated heterocycles. The number of rotatable bonds is 2. The van der Waals surface area contributed by atoms with Gasteiger partial charge in [-0.05, 0) is 6.07 Å². The van der Waals surface area contributed by atoms with E-state index in [9.17, 15) is 8.78 Å². The van der Waals surface area contributed by atoms with Crippen LogP contribution < -0.4 is 5.73 Å². The van der Waals surface area contributed by atoms with E-state index in [-0.39, 0.29) is 33.8 Å². The van der Waals surface area contributed by atoms with Gasteiger partial charge in [0, 0.05) is 17.3 Å². The van der Waals surface area contributed by atoms with E-state index in [2.05, 4.69) is 15.0 Å². The highest BCUT2D eigenvalue weighted by Crippen LogP contribution is 2.34. The lowest BCUT2D eigenvalue weighted by Crippen LogP contribution is -2.01. The van der Waals surface area contributed by atoms with Gasteiger partial charge >= 0.3 is 0 Å². The number of anilines is 1. The highest BCUT2D eigenvalue weighted by molar-refractivity contribution is 5.90. The average Bonchev–Trinajstić information content (AvgIpc) is 2.91. The molecule has 0 aliphatic carbocycles. The number of aromatic nitrogens is 3. The molecule has 0 spiro atoms. The van der Waals surface area contributed by atoms with Crippen LogP contribution >= 0.6 is 0 Å². The molecule has 0 radical (unpaired) electrons. The first-order chi connectivity index (χ1) is 10.1. The molecule has 1 atom stereocenters. The summed E-state index contributed by atoms with van der Waals surface area (Å²) in [5.74, 6) is -0.783. The molecule has 3 rings (SSSR count). The van der Waals surface area contributed by atoms with Crippen molar-refractivity contribution >= 4 is 16.9 Å². The van der Waals surface area contributed by atoms with E-state index < -0.39 is 12.0 Å². The van der Waals surface area contributed by atoms with E-state index in [1.807, 2.05) is 0 Å². The van der Waals surface area contributed by atoms with Crippen molar-refractivity contribution in [2.24, 2.45) is 0 Å². The number of fused-ring (bicyclic) bond motifs is 1. The second kappa shape index (κ2) is 4.83. The van der Waals surface area contributed by atoms with E-state index in [0.29, 0.717) is 0 Å². The van der Waals surface area contributed by atoms with Gasteiger partial charge in [0.25, 0.3) is 0 Å². The zero-order valence-corrected chi connectivity index (χ0v) is 10.6. The summed E-state index contributed by atoms with van der Waals surface area (Å²) in [4.78, 5) is 10.4. The predicted octanol–water partition coefficient (Wildman–Crippen LogP) is 2.61. The first kappa shape index (κ1) is 13.0. The quantitative estimate of drug-likeness (QED) is 0.757. The number of halogens is 2. The Labute approximate surface area is 118 Å². The summed E-state index contributed by atoms with van der Waals surface area (Å²) in [6.45, 7) is 0. The standard InChI is InChI=1S/C14H9F2N5/c15-9-4-2-1-3-7(9)12(16)8-6-19-14-11(8)13(18)20-10(5-17)21-14/h1-4,6,12H,(H3,18,19,20,21). The molecule has 1 aromatic carbocycles. The summed E-state index contributed by atoms with van der Waals surface area (Å²) in [7, 11) is 0. The minimum atomic E-state index is -1.71. The third-order valence-corrected chi connectivity index (χ3v) is 3.14. The molecule has 3 aromatic rings. The van der Waals surface area contributed by atoms with Gasteiger partial charge in [0.2, 0.25) is 5.82 Å². The van der Waals surface area contributed by atoms with Gasteiger partial charge in [0.05, 0.1) is 5.39 Å². The lowest BCUT2D eigenvalue weighted by Gasteiger charge is -2.09. The number of nitrogens with one attached hydrogen (secondary N) is 1. The Bertz CT molecular complexity index is 865. The number of nitriles is 1. The number of nitrogens with zero attached hydrogens (tertiary/aromatic N) is 3. The monoisotopic (exact) mass is 285 g/mol. The Morgan fingerprint density at radius 2 is 2.00 bits per heavy atom. The Morgan fingerprint density at radius 3 is 2.71 bits per heavy atom. The van der Waals surface area contributed by atoms with Crippen LogP contribution in [-0.4, -0.2) is 15.0 Å². The van der Waals surface area contributed by atoms with E-state index >= 15 is 0 Å². The van der Waals surface area contributed by atoms with Gasteiger partial charge in [-0.2, -0.15) is 5.26 Å². The number of H-pyrrole nitrogens is 1. The van der Waals surface area contributed by atoms with E-state index in [1.165, 1.54) is 24.4 Å². The third-order valence-electron chi connectivity index (χ3n) is 3.14. The van der Waals surface area contributed by atoms with Crippen molar-refractivity contribution in [3.05, 3.63) is 53.2 Å². The van der Waals surface area contributed by atoms with Crippen LogP contribution in [0.5, 0.6) is 0 Å². The number of hydrogen-bond donors (Lipinski definition) is 2. The Hall–Kier alpha value is -3.01.